The molecule has 3 rings (SSSR count). The summed E-state index contributed by atoms with van der Waals surface area (Å²) in [4.78, 5) is 15.0. The van der Waals surface area contributed by atoms with E-state index in [0.29, 0.717) is 0 Å². The highest BCUT2D eigenvalue weighted by molar-refractivity contribution is 5.84. The van der Waals surface area contributed by atoms with E-state index < -0.39 is 5.54 Å². The summed E-state index contributed by atoms with van der Waals surface area (Å²) >= 11 is 0. The molecule has 0 aliphatic carbocycles. The molecule has 1 N–H and O–H groups in total. The van der Waals surface area contributed by atoms with Gasteiger partial charge in [-0.15, -0.1) is 0 Å². The first-order valence-corrected chi connectivity index (χ1v) is 8.23. The van der Waals surface area contributed by atoms with E-state index in [-0.39, 0.29) is 5.91 Å². The average molecular weight is 312 g/mol. The van der Waals surface area contributed by atoms with Crippen LogP contribution in [0.25, 0.3) is 0 Å². The molecule has 5 nitrogen and oxygen atoms in total. The van der Waals surface area contributed by atoms with Crippen LogP contribution in [-0.2, 0) is 16.8 Å². The Kier molecular flexibility index (Phi) is 4.76. The van der Waals surface area contributed by atoms with E-state index in [0.717, 1.165) is 38.9 Å². The summed E-state index contributed by atoms with van der Waals surface area (Å²) in [6.07, 6.45) is 6.10. The Morgan fingerprint density at radius 1 is 1.26 bits per heavy atom. The van der Waals surface area contributed by atoms with Crippen LogP contribution in [0.5, 0.6) is 0 Å². The minimum atomic E-state index is -0.541. The Labute approximate surface area is 137 Å². The summed E-state index contributed by atoms with van der Waals surface area (Å²) in [6, 6.07) is 12.2. The van der Waals surface area contributed by atoms with E-state index in [1.807, 2.05) is 47.1 Å². The zero-order valence-electron chi connectivity index (χ0n) is 13.6. The van der Waals surface area contributed by atoms with Gasteiger partial charge in [-0.05, 0) is 44.0 Å². The maximum absolute atomic E-state index is 13.2. The molecule has 1 aliphatic heterocycles. The molecule has 5 heteroatoms. The van der Waals surface area contributed by atoms with Crippen molar-refractivity contribution in [2.75, 3.05) is 26.7 Å². The molecular weight excluding hydrogens is 288 g/mol. The second-order valence-corrected chi connectivity index (χ2v) is 6.19. The van der Waals surface area contributed by atoms with Crippen molar-refractivity contribution in [3.05, 3.63) is 54.4 Å². The number of likely N-dealkylation sites (N-methyl/N-ethyl adjacent to an activating group) is 1. The molecule has 0 unspecified atom stereocenters. The standard InChI is InChI=1S/C18H24N4O/c1-21(15-8-16-6-3-2-4-7-16)17(23)18(9-12-19-13-10-18)22-14-5-11-20-22/h2-7,11,14,19H,8-10,12-13,15H2,1H3. The van der Waals surface area contributed by atoms with E-state index in [1.165, 1.54) is 5.56 Å². The lowest BCUT2D eigenvalue weighted by atomic mass is 9.87. The second-order valence-electron chi connectivity index (χ2n) is 6.19. The van der Waals surface area contributed by atoms with E-state index in [4.69, 9.17) is 0 Å². The zero-order valence-corrected chi connectivity index (χ0v) is 13.6. The van der Waals surface area contributed by atoms with Crippen molar-refractivity contribution in [2.45, 2.75) is 24.8 Å². The number of amides is 1. The quantitative estimate of drug-likeness (QED) is 0.913. The number of aromatic nitrogens is 2. The molecule has 1 amide bonds. The van der Waals surface area contributed by atoms with E-state index in [1.54, 1.807) is 6.20 Å². The van der Waals surface area contributed by atoms with Crippen LogP contribution in [0.2, 0.25) is 0 Å². The topological polar surface area (TPSA) is 50.2 Å². The monoisotopic (exact) mass is 312 g/mol. The first-order chi connectivity index (χ1) is 11.2. The molecule has 1 saturated heterocycles. The predicted octanol–water partition coefficient (Wildman–Crippen LogP) is 1.66. The third-order valence-corrected chi connectivity index (χ3v) is 4.70. The summed E-state index contributed by atoms with van der Waals surface area (Å²) in [5, 5.41) is 7.72. The summed E-state index contributed by atoms with van der Waals surface area (Å²) in [7, 11) is 1.90. The first kappa shape index (κ1) is 15.7. The number of carbonyl (C=O) groups excluding carboxylic acids is 1. The number of hydrogen-bond donors (Lipinski definition) is 1. The largest absolute Gasteiger partial charge is 0.343 e. The molecule has 1 aromatic heterocycles. The number of piperidine rings is 1. The molecule has 0 atom stereocenters. The maximum Gasteiger partial charge on any atom is 0.250 e. The van der Waals surface area contributed by atoms with Crippen molar-refractivity contribution in [3.8, 4) is 0 Å². The van der Waals surface area contributed by atoms with Gasteiger partial charge in [-0.2, -0.15) is 5.10 Å². The molecule has 0 spiro atoms. The van der Waals surface area contributed by atoms with Gasteiger partial charge in [0.25, 0.3) is 0 Å². The van der Waals surface area contributed by atoms with Gasteiger partial charge >= 0.3 is 0 Å². The highest BCUT2D eigenvalue weighted by atomic mass is 16.2. The van der Waals surface area contributed by atoms with E-state index in [2.05, 4.69) is 22.5 Å². The number of hydrogen-bond acceptors (Lipinski definition) is 3. The minimum absolute atomic E-state index is 0.165. The van der Waals surface area contributed by atoms with Crippen LogP contribution in [0.4, 0.5) is 0 Å². The SMILES string of the molecule is CN(CCc1ccccc1)C(=O)C1(n2cccn2)CCNCC1. The first-order valence-electron chi connectivity index (χ1n) is 8.23. The summed E-state index contributed by atoms with van der Waals surface area (Å²) < 4.78 is 1.86. The van der Waals surface area contributed by atoms with Gasteiger partial charge in [0.2, 0.25) is 5.91 Å². The number of nitrogens with one attached hydrogen (secondary N) is 1. The summed E-state index contributed by atoms with van der Waals surface area (Å²) in [5.74, 6) is 0.165. The third-order valence-electron chi connectivity index (χ3n) is 4.70. The summed E-state index contributed by atoms with van der Waals surface area (Å²) in [6.45, 7) is 2.41. The average Bonchev–Trinajstić information content (AvgIpc) is 3.15. The third kappa shape index (κ3) is 3.29. The Balaban J connectivity index is 1.73. The molecule has 0 saturated carbocycles. The maximum atomic E-state index is 13.2. The van der Waals surface area contributed by atoms with E-state index in [9.17, 15) is 4.79 Å². The van der Waals surface area contributed by atoms with Crippen molar-refractivity contribution in [3.63, 3.8) is 0 Å². The van der Waals surface area contributed by atoms with Crippen molar-refractivity contribution >= 4 is 5.91 Å². The van der Waals surface area contributed by atoms with Gasteiger partial charge < -0.3 is 10.2 Å². The zero-order chi connectivity index (χ0) is 16.1. The van der Waals surface area contributed by atoms with Crippen molar-refractivity contribution in [2.24, 2.45) is 0 Å². The van der Waals surface area contributed by atoms with Crippen LogP contribution in [0.1, 0.15) is 18.4 Å². The number of carbonyl (C=O) groups is 1. The molecule has 122 valence electrons. The second kappa shape index (κ2) is 6.96. The lowest BCUT2D eigenvalue weighted by Crippen LogP contribution is -2.55. The molecule has 2 heterocycles. The van der Waals surface area contributed by atoms with Crippen molar-refractivity contribution in [1.29, 1.82) is 0 Å². The lowest BCUT2D eigenvalue weighted by molar-refractivity contribution is -0.141. The lowest BCUT2D eigenvalue weighted by Gasteiger charge is -2.39. The number of rotatable bonds is 5. The smallest absolute Gasteiger partial charge is 0.250 e. The Morgan fingerprint density at radius 3 is 2.65 bits per heavy atom. The fraction of sp³-hybridized carbons (Fsp3) is 0.444. The molecule has 0 radical (unpaired) electrons. The highest BCUT2D eigenvalue weighted by Gasteiger charge is 2.43. The van der Waals surface area contributed by atoms with Crippen molar-refractivity contribution < 1.29 is 4.79 Å². The normalized spacial score (nSPS) is 16.9. The minimum Gasteiger partial charge on any atom is -0.343 e. The van der Waals surface area contributed by atoms with Crippen LogP contribution < -0.4 is 5.32 Å². The van der Waals surface area contributed by atoms with Gasteiger partial charge in [-0.3, -0.25) is 9.48 Å². The van der Waals surface area contributed by atoms with Crippen molar-refractivity contribution in [1.82, 2.24) is 20.0 Å². The molecular formula is C18H24N4O. The molecule has 1 aliphatic rings. The van der Waals surface area contributed by atoms with Gasteiger partial charge in [0, 0.05) is 26.0 Å². The fourth-order valence-electron chi connectivity index (χ4n) is 3.30. The van der Waals surface area contributed by atoms with Gasteiger partial charge in [0.1, 0.15) is 5.54 Å². The van der Waals surface area contributed by atoms with Crippen LogP contribution in [0.15, 0.2) is 48.8 Å². The molecule has 23 heavy (non-hydrogen) atoms. The van der Waals surface area contributed by atoms with Crippen LogP contribution >= 0.6 is 0 Å². The van der Waals surface area contributed by atoms with Crippen LogP contribution in [0, 0.1) is 0 Å². The highest BCUT2D eigenvalue weighted by Crippen LogP contribution is 2.29. The van der Waals surface area contributed by atoms with E-state index >= 15 is 0 Å². The van der Waals surface area contributed by atoms with Crippen LogP contribution in [0.3, 0.4) is 0 Å². The molecule has 0 bridgehead atoms. The summed E-state index contributed by atoms with van der Waals surface area (Å²) in [5.41, 5.74) is 0.714. The number of nitrogens with zero attached hydrogens (tertiary/aromatic N) is 3. The van der Waals surface area contributed by atoms with Gasteiger partial charge in [0.15, 0.2) is 0 Å². The molecule has 1 fully saturated rings. The Bertz CT molecular complexity index is 618. The number of benzene rings is 1. The van der Waals surface area contributed by atoms with Crippen LogP contribution in [-0.4, -0.2) is 47.3 Å². The van der Waals surface area contributed by atoms with Gasteiger partial charge in [-0.25, -0.2) is 0 Å². The Hall–Kier alpha value is -2.14. The van der Waals surface area contributed by atoms with Gasteiger partial charge in [-0.1, -0.05) is 30.3 Å². The predicted molar refractivity (Wildman–Crippen MR) is 90.1 cm³/mol. The van der Waals surface area contributed by atoms with Gasteiger partial charge in [0.05, 0.1) is 0 Å². The Morgan fingerprint density at radius 2 is 2.00 bits per heavy atom. The molecule has 1 aromatic carbocycles. The molecule has 2 aromatic rings. The fourth-order valence-corrected chi connectivity index (χ4v) is 3.30.